The number of ether oxygens (including phenoxy) is 2. The number of benzene rings is 1. The smallest absolute Gasteiger partial charge is 0.161 e. The van der Waals surface area contributed by atoms with Crippen molar-refractivity contribution in [2.24, 2.45) is 0 Å². The molecule has 1 N–H and O–H groups in total. The monoisotopic (exact) mass is 276 g/mol. The van der Waals surface area contributed by atoms with Gasteiger partial charge in [-0.25, -0.2) is 0 Å². The average Bonchev–Trinajstić information content (AvgIpc) is 3.10. The maximum atomic E-state index is 9.70. The highest BCUT2D eigenvalue weighted by atomic mass is 16.5. The van der Waals surface area contributed by atoms with Crippen LogP contribution < -0.4 is 9.47 Å². The van der Waals surface area contributed by atoms with Crippen LogP contribution in [0.1, 0.15) is 56.4 Å². The Morgan fingerprint density at radius 2 is 1.85 bits per heavy atom. The summed E-state index contributed by atoms with van der Waals surface area (Å²) in [6.45, 7) is 0. The van der Waals surface area contributed by atoms with E-state index in [1.165, 1.54) is 18.4 Å². The van der Waals surface area contributed by atoms with E-state index < -0.39 is 0 Å². The lowest BCUT2D eigenvalue weighted by atomic mass is 9.97. The van der Waals surface area contributed by atoms with E-state index in [-0.39, 0.29) is 6.10 Å². The van der Waals surface area contributed by atoms with Crippen LogP contribution in [0.2, 0.25) is 0 Å². The predicted molar refractivity (Wildman–Crippen MR) is 78.5 cm³/mol. The fourth-order valence-corrected chi connectivity index (χ4v) is 3.49. The molecular formula is C17H24O3. The van der Waals surface area contributed by atoms with Crippen molar-refractivity contribution in [3.63, 3.8) is 0 Å². The molecule has 0 bridgehead atoms. The van der Waals surface area contributed by atoms with Gasteiger partial charge in [-0.3, -0.25) is 0 Å². The Balaban J connectivity index is 1.78. The number of aliphatic hydroxyl groups is 1. The molecule has 0 saturated heterocycles. The molecule has 2 fully saturated rings. The molecule has 3 rings (SSSR count). The van der Waals surface area contributed by atoms with Gasteiger partial charge >= 0.3 is 0 Å². The molecule has 2 aliphatic carbocycles. The van der Waals surface area contributed by atoms with Crippen LogP contribution in [0.5, 0.6) is 11.5 Å². The summed E-state index contributed by atoms with van der Waals surface area (Å²) in [5.41, 5.74) is 1.27. The van der Waals surface area contributed by atoms with Gasteiger partial charge in [0.2, 0.25) is 0 Å². The van der Waals surface area contributed by atoms with Crippen LogP contribution in [-0.4, -0.2) is 24.4 Å². The highest BCUT2D eigenvalue weighted by Gasteiger charge is 2.25. The van der Waals surface area contributed by atoms with Crippen molar-refractivity contribution in [1.29, 1.82) is 0 Å². The molecule has 0 unspecified atom stereocenters. The number of hydrogen-bond donors (Lipinski definition) is 1. The van der Waals surface area contributed by atoms with Crippen molar-refractivity contribution in [3.05, 3.63) is 23.8 Å². The van der Waals surface area contributed by atoms with Crippen molar-refractivity contribution in [2.45, 2.75) is 63.1 Å². The summed E-state index contributed by atoms with van der Waals surface area (Å²) < 4.78 is 11.6. The van der Waals surface area contributed by atoms with Crippen molar-refractivity contribution in [3.8, 4) is 11.5 Å². The molecule has 0 radical (unpaired) electrons. The number of aliphatic hydroxyl groups excluding tert-OH is 1. The van der Waals surface area contributed by atoms with Crippen LogP contribution in [0.4, 0.5) is 0 Å². The van der Waals surface area contributed by atoms with E-state index >= 15 is 0 Å². The van der Waals surface area contributed by atoms with Gasteiger partial charge in [0.25, 0.3) is 0 Å². The second-order valence-electron chi connectivity index (χ2n) is 6.10. The molecule has 1 aromatic rings. The third-order valence-corrected chi connectivity index (χ3v) is 4.66. The minimum atomic E-state index is -0.138. The fraction of sp³-hybridized carbons (Fsp3) is 0.647. The minimum Gasteiger partial charge on any atom is -0.493 e. The van der Waals surface area contributed by atoms with Crippen LogP contribution >= 0.6 is 0 Å². The van der Waals surface area contributed by atoms with Crippen molar-refractivity contribution in [1.82, 2.24) is 0 Å². The third-order valence-electron chi connectivity index (χ3n) is 4.66. The number of rotatable bonds is 4. The van der Waals surface area contributed by atoms with Gasteiger partial charge in [-0.1, -0.05) is 6.07 Å². The van der Waals surface area contributed by atoms with Crippen LogP contribution in [0, 0.1) is 0 Å². The zero-order chi connectivity index (χ0) is 13.9. The number of hydrogen-bond acceptors (Lipinski definition) is 3. The molecule has 0 amide bonds. The number of methoxy groups -OCH3 is 1. The first-order valence-electron chi connectivity index (χ1n) is 7.79. The third kappa shape index (κ3) is 2.93. The van der Waals surface area contributed by atoms with Crippen molar-refractivity contribution >= 4 is 0 Å². The largest absolute Gasteiger partial charge is 0.493 e. The first-order valence-corrected chi connectivity index (χ1v) is 7.79. The van der Waals surface area contributed by atoms with E-state index in [0.717, 1.165) is 43.6 Å². The standard InChI is InChI=1S/C17H24O3/c1-19-16-9-7-13(12-6-8-14(18)10-12)11-17(16)20-15-4-2-3-5-15/h7,9,11-12,14-15,18H,2-6,8,10H2,1H3/t12-,14-/m1/s1. The first kappa shape index (κ1) is 13.7. The van der Waals surface area contributed by atoms with Gasteiger partial charge < -0.3 is 14.6 Å². The Bertz CT molecular complexity index is 452. The summed E-state index contributed by atoms with van der Waals surface area (Å²) in [5, 5.41) is 9.70. The van der Waals surface area contributed by atoms with Gasteiger partial charge in [-0.2, -0.15) is 0 Å². The molecule has 3 nitrogen and oxygen atoms in total. The second-order valence-corrected chi connectivity index (χ2v) is 6.10. The van der Waals surface area contributed by atoms with Gasteiger partial charge in [-0.05, 0) is 68.6 Å². The molecule has 2 saturated carbocycles. The molecule has 0 aliphatic heterocycles. The first-order chi connectivity index (χ1) is 9.76. The van der Waals surface area contributed by atoms with E-state index in [2.05, 4.69) is 12.1 Å². The van der Waals surface area contributed by atoms with Crippen LogP contribution in [0.15, 0.2) is 18.2 Å². The van der Waals surface area contributed by atoms with Gasteiger partial charge in [0, 0.05) is 0 Å². The summed E-state index contributed by atoms with van der Waals surface area (Å²) in [6.07, 6.45) is 7.88. The van der Waals surface area contributed by atoms with Gasteiger partial charge in [0.1, 0.15) is 0 Å². The Morgan fingerprint density at radius 1 is 1.05 bits per heavy atom. The van der Waals surface area contributed by atoms with Gasteiger partial charge in [0.05, 0.1) is 19.3 Å². The predicted octanol–water partition coefficient (Wildman–Crippen LogP) is 3.65. The molecule has 1 aromatic carbocycles. The van der Waals surface area contributed by atoms with Crippen LogP contribution in [-0.2, 0) is 0 Å². The maximum Gasteiger partial charge on any atom is 0.161 e. The normalized spacial score (nSPS) is 26.9. The van der Waals surface area contributed by atoms with Crippen LogP contribution in [0.25, 0.3) is 0 Å². The molecule has 0 heterocycles. The fourth-order valence-electron chi connectivity index (χ4n) is 3.49. The molecule has 20 heavy (non-hydrogen) atoms. The lowest BCUT2D eigenvalue weighted by Gasteiger charge is -2.18. The average molecular weight is 276 g/mol. The Hall–Kier alpha value is -1.22. The molecule has 2 atom stereocenters. The van der Waals surface area contributed by atoms with E-state index in [1.807, 2.05) is 6.07 Å². The zero-order valence-electron chi connectivity index (χ0n) is 12.2. The van der Waals surface area contributed by atoms with Gasteiger partial charge in [0.15, 0.2) is 11.5 Å². The van der Waals surface area contributed by atoms with Crippen molar-refractivity contribution in [2.75, 3.05) is 7.11 Å². The molecular weight excluding hydrogens is 252 g/mol. The summed E-state index contributed by atoms with van der Waals surface area (Å²) in [4.78, 5) is 0. The highest BCUT2D eigenvalue weighted by molar-refractivity contribution is 5.44. The lowest BCUT2D eigenvalue weighted by Crippen LogP contribution is -2.12. The summed E-state index contributed by atoms with van der Waals surface area (Å²) >= 11 is 0. The van der Waals surface area contributed by atoms with Crippen molar-refractivity contribution < 1.29 is 14.6 Å². The summed E-state index contributed by atoms with van der Waals surface area (Å²) in [7, 11) is 1.69. The lowest BCUT2D eigenvalue weighted by molar-refractivity contribution is 0.181. The topological polar surface area (TPSA) is 38.7 Å². The van der Waals surface area contributed by atoms with Gasteiger partial charge in [-0.15, -0.1) is 0 Å². The zero-order valence-corrected chi connectivity index (χ0v) is 12.2. The SMILES string of the molecule is COc1ccc([C@@H]2CC[C@@H](O)C2)cc1OC1CCCC1. The minimum absolute atomic E-state index is 0.138. The molecule has 2 aliphatic rings. The van der Waals surface area contributed by atoms with E-state index in [4.69, 9.17) is 9.47 Å². The van der Waals surface area contributed by atoms with E-state index in [1.54, 1.807) is 7.11 Å². The summed E-state index contributed by atoms with van der Waals surface area (Å²) in [5.74, 6) is 2.15. The Morgan fingerprint density at radius 3 is 2.50 bits per heavy atom. The molecule has 0 aromatic heterocycles. The summed E-state index contributed by atoms with van der Waals surface area (Å²) in [6, 6.07) is 6.24. The van der Waals surface area contributed by atoms with Crippen LogP contribution in [0.3, 0.4) is 0 Å². The quantitative estimate of drug-likeness (QED) is 0.912. The molecule has 3 heteroatoms. The molecule has 110 valence electrons. The van der Waals surface area contributed by atoms with E-state index in [9.17, 15) is 5.11 Å². The molecule has 0 spiro atoms. The Kier molecular flexibility index (Phi) is 4.16. The maximum absolute atomic E-state index is 9.70. The highest BCUT2D eigenvalue weighted by Crippen LogP contribution is 2.39. The van der Waals surface area contributed by atoms with E-state index in [0.29, 0.717) is 12.0 Å². The second kappa shape index (κ2) is 6.04. The Labute approximate surface area is 120 Å².